The van der Waals surface area contributed by atoms with Crippen molar-refractivity contribution in [3.8, 4) is 0 Å². The molecule has 0 spiro atoms. The summed E-state index contributed by atoms with van der Waals surface area (Å²) in [6, 6.07) is 0.526. The molecule has 0 aromatic heterocycles. The van der Waals surface area contributed by atoms with Crippen LogP contribution in [0, 0.1) is 0 Å². The third-order valence-electron chi connectivity index (χ3n) is 1.92. The molecule has 0 aromatic carbocycles. The van der Waals surface area contributed by atoms with E-state index in [2.05, 4.69) is 32.6 Å². The Balaban J connectivity index is 3.95. The van der Waals surface area contributed by atoms with Crippen LogP contribution in [0.3, 0.4) is 0 Å². The Hall–Kier alpha value is -0.120. The van der Waals surface area contributed by atoms with Crippen LogP contribution in [0.2, 0.25) is 0 Å². The first-order valence-electron chi connectivity index (χ1n) is 4.88. The van der Waals surface area contributed by atoms with Gasteiger partial charge in [0.2, 0.25) is 0 Å². The van der Waals surface area contributed by atoms with E-state index in [0.717, 1.165) is 19.7 Å². The Morgan fingerprint density at radius 2 is 1.92 bits per heavy atom. The maximum atomic E-state index is 5.96. The van der Waals surface area contributed by atoms with E-state index in [1.807, 2.05) is 0 Å². The van der Waals surface area contributed by atoms with E-state index < -0.39 is 0 Å². The van der Waals surface area contributed by atoms with Crippen LogP contribution in [-0.4, -0.2) is 43.3 Å². The van der Waals surface area contributed by atoms with Gasteiger partial charge in [0.05, 0.1) is 6.61 Å². The van der Waals surface area contributed by atoms with Crippen LogP contribution >= 0.6 is 0 Å². The molecule has 3 nitrogen and oxygen atoms in total. The SMILES string of the molecule is COCCN(CC(C)(C)N)C(C)C. The van der Waals surface area contributed by atoms with Crippen molar-refractivity contribution < 1.29 is 4.74 Å². The third-order valence-corrected chi connectivity index (χ3v) is 1.92. The van der Waals surface area contributed by atoms with E-state index in [9.17, 15) is 0 Å². The van der Waals surface area contributed by atoms with Crippen LogP contribution in [0.4, 0.5) is 0 Å². The summed E-state index contributed by atoms with van der Waals surface area (Å²) < 4.78 is 5.05. The molecule has 0 rings (SSSR count). The Morgan fingerprint density at radius 1 is 1.38 bits per heavy atom. The van der Waals surface area contributed by atoms with E-state index >= 15 is 0 Å². The van der Waals surface area contributed by atoms with E-state index in [-0.39, 0.29) is 5.54 Å². The minimum absolute atomic E-state index is 0.127. The number of nitrogens with two attached hydrogens (primary N) is 1. The molecule has 13 heavy (non-hydrogen) atoms. The molecule has 0 aliphatic rings. The van der Waals surface area contributed by atoms with Crippen molar-refractivity contribution in [3.63, 3.8) is 0 Å². The van der Waals surface area contributed by atoms with Gasteiger partial charge in [0, 0.05) is 31.8 Å². The molecule has 80 valence electrons. The molecule has 0 saturated heterocycles. The second-order valence-electron chi connectivity index (χ2n) is 4.55. The van der Waals surface area contributed by atoms with Crippen LogP contribution in [-0.2, 0) is 4.74 Å². The molecular weight excluding hydrogens is 164 g/mol. The highest BCUT2D eigenvalue weighted by Crippen LogP contribution is 2.05. The lowest BCUT2D eigenvalue weighted by molar-refractivity contribution is 0.115. The largest absolute Gasteiger partial charge is 0.383 e. The summed E-state index contributed by atoms with van der Waals surface area (Å²) >= 11 is 0. The second-order valence-corrected chi connectivity index (χ2v) is 4.55. The quantitative estimate of drug-likeness (QED) is 0.678. The van der Waals surface area contributed by atoms with Crippen LogP contribution in [0.25, 0.3) is 0 Å². The maximum absolute atomic E-state index is 5.96. The zero-order chi connectivity index (χ0) is 10.5. The van der Waals surface area contributed by atoms with Crippen molar-refractivity contribution in [1.82, 2.24) is 4.90 Å². The molecule has 0 radical (unpaired) electrons. The minimum Gasteiger partial charge on any atom is -0.383 e. The molecule has 0 aliphatic heterocycles. The Labute approximate surface area is 82.2 Å². The van der Waals surface area contributed by atoms with Crippen molar-refractivity contribution >= 4 is 0 Å². The molecule has 0 atom stereocenters. The van der Waals surface area contributed by atoms with Crippen LogP contribution in [0.15, 0.2) is 0 Å². The van der Waals surface area contributed by atoms with Gasteiger partial charge >= 0.3 is 0 Å². The van der Waals surface area contributed by atoms with Crippen molar-refractivity contribution in [1.29, 1.82) is 0 Å². The number of rotatable bonds is 6. The average Bonchev–Trinajstić information content (AvgIpc) is 1.95. The van der Waals surface area contributed by atoms with Gasteiger partial charge in [-0.1, -0.05) is 0 Å². The number of methoxy groups -OCH3 is 1. The predicted molar refractivity (Wildman–Crippen MR) is 56.9 cm³/mol. The summed E-state index contributed by atoms with van der Waals surface area (Å²) in [6.07, 6.45) is 0. The summed E-state index contributed by atoms with van der Waals surface area (Å²) in [4.78, 5) is 2.34. The fourth-order valence-corrected chi connectivity index (χ4v) is 1.25. The number of ether oxygens (including phenoxy) is 1. The Bertz CT molecular complexity index is 129. The lowest BCUT2D eigenvalue weighted by Crippen LogP contribution is -2.48. The first-order chi connectivity index (χ1) is 5.87. The molecule has 2 N–H and O–H groups in total. The van der Waals surface area contributed by atoms with Gasteiger partial charge in [0.15, 0.2) is 0 Å². The fraction of sp³-hybridized carbons (Fsp3) is 1.00. The third kappa shape index (κ3) is 6.99. The van der Waals surface area contributed by atoms with E-state index in [0.29, 0.717) is 6.04 Å². The first kappa shape index (κ1) is 12.9. The van der Waals surface area contributed by atoms with Crippen molar-refractivity contribution in [3.05, 3.63) is 0 Å². The summed E-state index contributed by atoms with van der Waals surface area (Å²) in [6.45, 7) is 11.1. The predicted octanol–water partition coefficient (Wildman–Crippen LogP) is 1.08. The van der Waals surface area contributed by atoms with Gasteiger partial charge in [0.1, 0.15) is 0 Å². The molecule has 0 heterocycles. The molecule has 0 aliphatic carbocycles. The molecule has 0 saturated carbocycles. The van der Waals surface area contributed by atoms with Crippen molar-refractivity contribution in [2.24, 2.45) is 5.73 Å². The zero-order valence-electron chi connectivity index (χ0n) is 9.63. The molecular formula is C10H24N2O. The average molecular weight is 188 g/mol. The summed E-state index contributed by atoms with van der Waals surface area (Å²) in [5, 5.41) is 0. The number of hydrogen-bond donors (Lipinski definition) is 1. The highest BCUT2D eigenvalue weighted by atomic mass is 16.5. The minimum atomic E-state index is -0.127. The van der Waals surface area contributed by atoms with Crippen LogP contribution in [0.5, 0.6) is 0 Å². The molecule has 0 amide bonds. The summed E-state index contributed by atoms with van der Waals surface area (Å²) in [5.74, 6) is 0. The van der Waals surface area contributed by atoms with Gasteiger partial charge in [-0.05, 0) is 27.7 Å². The van der Waals surface area contributed by atoms with Crippen molar-refractivity contribution in [2.45, 2.75) is 39.3 Å². The highest BCUT2D eigenvalue weighted by molar-refractivity contribution is 4.78. The summed E-state index contributed by atoms with van der Waals surface area (Å²) in [7, 11) is 1.73. The van der Waals surface area contributed by atoms with Crippen LogP contribution < -0.4 is 5.73 Å². The topological polar surface area (TPSA) is 38.5 Å². The first-order valence-corrected chi connectivity index (χ1v) is 4.88. The molecule has 0 fully saturated rings. The van der Waals surface area contributed by atoms with Crippen molar-refractivity contribution in [2.75, 3.05) is 26.8 Å². The normalized spacial score (nSPS) is 12.9. The van der Waals surface area contributed by atoms with Gasteiger partial charge in [-0.2, -0.15) is 0 Å². The van der Waals surface area contributed by atoms with E-state index in [1.165, 1.54) is 0 Å². The second kappa shape index (κ2) is 5.58. The Morgan fingerprint density at radius 3 is 2.23 bits per heavy atom. The Kier molecular flexibility index (Phi) is 5.53. The highest BCUT2D eigenvalue weighted by Gasteiger charge is 2.18. The molecule has 0 bridgehead atoms. The van der Waals surface area contributed by atoms with Gasteiger partial charge in [-0.25, -0.2) is 0 Å². The smallest absolute Gasteiger partial charge is 0.0589 e. The lowest BCUT2D eigenvalue weighted by Gasteiger charge is -2.32. The molecule has 3 heteroatoms. The standard InChI is InChI=1S/C10H24N2O/c1-9(2)12(6-7-13-5)8-10(3,4)11/h9H,6-8,11H2,1-5H3. The van der Waals surface area contributed by atoms with E-state index in [1.54, 1.807) is 7.11 Å². The van der Waals surface area contributed by atoms with E-state index in [4.69, 9.17) is 10.5 Å². The lowest BCUT2D eigenvalue weighted by atomic mass is 10.1. The van der Waals surface area contributed by atoms with Gasteiger partial charge in [0.25, 0.3) is 0 Å². The van der Waals surface area contributed by atoms with Gasteiger partial charge in [-0.3, -0.25) is 4.90 Å². The number of nitrogens with zero attached hydrogens (tertiary/aromatic N) is 1. The molecule has 0 aromatic rings. The zero-order valence-corrected chi connectivity index (χ0v) is 9.63. The van der Waals surface area contributed by atoms with Crippen LogP contribution in [0.1, 0.15) is 27.7 Å². The number of hydrogen-bond acceptors (Lipinski definition) is 3. The monoisotopic (exact) mass is 188 g/mol. The fourth-order valence-electron chi connectivity index (χ4n) is 1.25. The summed E-state index contributed by atoms with van der Waals surface area (Å²) in [5.41, 5.74) is 5.84. The molecule has 0 unspecified atom stereocenters. The van der Waals surface area contributed by atoms with Gasteiger partial charge in [-0.15, -0.1) is 0 Å². The maximum Gasteiger partial charge on any atom is 0.0589 e. The van der Waals surface area contributed by atoms with Gasteiger partial charge < -0.3 is 10.5 Å².